The van der Waals surface area contributed by atoms with Gasteiger partial charge in [-0.1, -0.05) is 42.9 Å². The summed E-state index contributed by atoms with van der Waals surface area (Å²) >= 11 is 0. The van der Waals surface area contributed by atoms with Gasteiger partial charge >= 0.3 is 5.97 Å². The summed E-state index contributed by atoms with van der Waals surface area (Å²) in [5.74, 6) is -1.22. The lowest BCUT2D eigenvalue weighted by atomic mass is 9.87. The first-order valence-corrected chi connectivity index (χ1v) is 8.57. The molecule has 1 N–H and O–H groups in total. The molecule has 3 rings (SSSR count). The lowest BCUT2D eigenvalue weighted by Crippen LogP contribution is -2.25. The second-order valence-corrected chi connectivity index (χ2v) is 7.04. The van der Waals surface area contributed by atoms with E-state index in [1.54, 1.807) is 11.8 Å². The van der Waals surface area contributed by atoms with Crippen molar-refractivity contribution < 1.29 is 14.7 Å². The number of hydrogen-bond acceptors (Lipinski definition) is 2. The van der Waals surface area contributed by atoms with Gasteiger partial charge in [0.05, 0.1) is 12.5 Å². The number of allylic oxidation sites excluding steroid dienone is 4. The zero-order valence-electron chi connectivity index (χ0n) is 14.8. The first-order chi connectivity index (χ1) is 11.9. The van der Waals surface area contributed by atoms with E-state index in [1.165, 1.54) is 5.57 Å². The maximum absolute atomic E-state index is 12.8. The zero-order chi connectivity index (χ0) is 18.1. The summed E-state index contributed by atoms with van der Waals surface area (Å²) in [6.07, 6.45) is 8.48. The number of carbonyl (C=O) groups excluding carboxylic acids is 1. The summed E-state index contributed by atoms with van der Waals surface area (Å²) in [5, 5.41) is 9.14. The van der Waals surface area contributed by atoms with Crippen LogP contribution in [0.3, 0.4) is 0 Å². The van der Waals surface area contributed by atoms with Gasteiger partial charge in [0.25, 0.3) is 5.91 Å². The number of benzene rings is 1. The summed E-state index contributed by atoms with van der Waals surface area (Å²) < 4.78 is 0. The Hall–Kier alpha value is -2.62. The number of fused-ring (bicyclic) bond motifs is 1. The number of amides is 1. The monoisotopic (exact) mass is 337 g/mol. The van der Waals surface area contributed by atoms with Gasteiger partial charge in [-0.15, -0.1) is 0 Å². The molecule has 1 aromatic rings. The lowest BCUT2D eigenvalue weighted by molar-refractivity contribution is -0.142. The number of rotatable bonds is 4. The normalized spacial score (nSPS) is 20.1. The second kappa shape index (κ2) is 6.71. The molecule has 0 spiro atoms. The molecular formula is C21H23NO3. The van der Waals surface area contributed by atoms with E-state index < -0.39 is 11.9 Å². The van der Waals surface area contributed by atoms with Gasteiger partial charge in [-0.25, -0.2) is 0 Å². The molecule has 1 aliphatic carbocycles. The third kappa shape index (κ3) is 3.43. The van der Waals surface area contributed by atoms with Crippen LogP contribution in [0.15, 0.2) is 47.7 Å². The Bertz CT molecular complexity index is 812. The topological polar surface area (TPSA) is 57.6 Å². The summed E-state index contributed by atoms with van der Waals surface area (Å²) in [5.41, 5.74) is 4.88. The molecule has 4 heteroatoms. The molecule has 1 aromatic carbocycles. The van der Waals surface area contributed by atoms with E-state index in [9.17, 15) is 9.59 Å². The van der Waals surface area contributed by atoms with Crippen molar-refractivity contribution in [3.8, 4) is 0 Å². The predicted octanol–water partition coefficient (Wildman–Crippen LogP) is 4.25. The molecule has 25 heavy (non-hydrogen) atoms. The number of nitrogens with zero attached hydrogens (tertiary/aromatic N) is 1. The molecule has 4 nitrogen and oxygen atoms in total. The largest absolute Gasteiger partial charge is 0.481 e. The van der Waals surface area contributed by atoms with Gasteiger partial charge in [0, 0.05) is 11.3 Å². The minimum atomic E-state index is -0.789. The standard InChI is InChI=1S/C21H23NO3/c1-13(2)10-15-4-5-17-12-22(20(23)19(17)11-15)18-8-6-16(7-9-18)14(3)21(24)25/h4-6,8-11,14,16H,7,12H2,1-3H3,(H,24,25). The smallest absolute Gasteiger partial charge is 0.306 e. The molecule has 2 unspecified atom stereocenters. The fourth-order valence-corrected chi connectivity index (χ4v) is 3.33. The van der Waals surface area contributed by atoms with Crippen LogP contribution in [0.25, 0.3) is 6.08 Å². The van der Waals surface area contributed by atoms with Gasteiger partial charge in [0.1, 0.15) is 0 Å². The van der Waals surface area contributed by atoms with E-state index >= 15 is 0 Å². The summed E-state index contributed by atoms with van der Waals surface area (Å²) in [6.45, 7) is 6.36. The Labute approximate surface area is 148 Å². The highest BCUT2D eigenvalue weighted by Crippen LogP contribution is 2.31. The second-order valence-electron chi connectivity index (χ2n) is 7.04. The Morgan fingerprint density at radius 2 is 2.12 bits per heavy atom. The SMILES string of the molecule is CC(C)=Cc1ccc2c(c1)C(=O)N(C1=CCC(C(C)C(=O)O)C=C1)C2. The molecule has 1 heterocycles. The third-order valence-electron chi connectivity index (χ3n) is 4.85. The molecule has 0 radical (unpaired) electrons. The van der Waals surface area contributed by atoms with Crippen molar-refractivity contribution in [1.82, 2.24) is 4.90 Å². The van der Waals surface area contributed by atoms with Crippen LogP contribution in [0.5, 0.6) is 0 Å². The number of carboxylic acids is 1. The lowest BCUT2D eigenvalue weighted by Gasteiger charge is -2.24. The number of carboxylic acid groups (broad SMARTS) is 1. The van der Waals surface area contributed by atoms with Gasteiger partial charge in [-0.05, 0) is 49.5 Å². The average Bonchev–Trinajstić information content (AvgIpc) is 2.90. The van der Waals surface area contributed by atoms with Crippen LogP contribution in [-0.2, 0) is 11.3 Å². The molecular weight excluding hydrogens is 314 g/mol. The minimum absolute atomic E-state index is 0.0136. The quantitative estimate of drug-likeness (QED) is 0.894. The van der Waals surface area contributed by atoms with E-state index in [2.05, 4.69) is 6.08 Å². The van der Waals surface area contributed by atoms with Gasteiger partial charge in [0.15, 0.2) is 0 Å². The van der Waals surface area contributed by atoms with E-state index in [0.717, 1.165) is 22.4 Å². The van der Waals surface area contributed by atoms with E-state index in [1.807, 2.05) is 50.3 Å². The van der Waals surface area contributed by atoms with Gasteiger partial charge in [0.2, 0.25) is 0 Å². The van der Waals surface area contributed by atoms with E-state index in [4.69, 9.17) is 5.11 Å². The summed E-state index contributed by atoms with van der Waals surface area (Å²) in [4.78, 5) is 25.7. The molecule has 0 bridgehead atoms. The van der Waals surface area contributed by atoms with Crippen LogP contribution in [-0.4, -0.2) is 21.9 Å². The fraction of sp³-hybridized carbons (Fsp3) is 0.333. The molecule has 2 aliphatic rings. The van der Waals surface area contributed by atoms with E-state index in [0.29, 0.717) is 13.0 Å². The average molecular weight is 337 g/mol. The highest BCUT2D eigenvalue weighted by atomic mass is 16.4. The first-order valence-electron chi connectivity index (χ1n) is 8.57. The summed E-state index contributed by atoms with van der Waals surface area (Å²) in [6, 6.07) is 6.01. The van der Waals surface area contributed by atoms with E-state index in [-0.39, 0.29) is 11.8 Å². The van der Waals surface area contributed by atoms with Crippen molar-refractivity contribution >= 4 is 18.0 Å². The van der Waals surface area contributed by atoms with Crippen molar-refractivity contribution in [1.29, 1.82) is 0 Å². The van der Waals surface area contributed by atoms with Crippen LogP contribution >= 0.6 is 0 Å². The molecule has 0 aromatic heterocycles. The van der Waals surface area contributed by atoms with Crippen molar-refractivity contribution in [3.05, 3.63) is 64.4 Å². The van der Waals surface area contributed by atoms with Crippen LogP contribution in [0.4, 0.5) is 0 Å². The van der Waals surface area contributed by atoms with Crippen molar-refractivity contribution in [2.24, 2.45) is 11.8 Å². The molecule has 130 valence electrons. The van der Waals surface area contributed by atoms with Crippen LogP contribution in [0.2, 0.25) is 0 Å². The third-order valence-corrected chi connectivity index (χ3v) is 4.85. The molecule has 2 atom stereocenters. The Morgan fingerprint density at radius 3 is 2.72 bits per heavy atom. The van der Waals surface area contributed by atoms with Crippen LogP contribution in [0, 0.1) is 11.8 Å². The molecule has 0 saturated carbocycles. The van der Waals surface area contributed by atoms with Gasteiger partial charge in [-0.2, -0.15) is 0 Å². The van der Waals surface area contributed by atoms with Crippen LogP contribution in [0.1, 0.15) is 48.7 Å². The predicted molar refractivity (Wildman–Crippen MR) is 97.8 cm³/mol. The Morgan fingerprint density at radius 1 is 1.36 bits per heavy atom. The van der Waals surface area contributed by atoms with Crippen molar-refractivity contribution in [2.45, 2.75) is 33.7 Å². The maximum Gasteiger partial charge on any atom is 0.306 e. The maximum atomic E-state index is 12.8. The minimum Gasteiger partial charge on any atom is -0.481 e. The highest BCUT2D eigenvalue weighted by molar-refractivity contribution is 6.00. The van der Waals surface area contributed by atoms with Gasteiger partial charge in [-0.3, -0.25) is 9.59 Å². The van der Waals surface area contributed by atoms with Crippen LogP contribution < -0.4 is 0 Å². The van der Waals surface area contributed by atoms with Gasteiger partial charge < -0.3 is 10.0 Å². The molecule has 1 amide bonds. The van der Waals surface area contributed by atoms with Crippen molar-refractivity contribution in [3.63, 3.8) is 0 Å². The number of aliphatic carboxylic acids is 1. The Balaban J connectivity index is 1.78. The molecule has 1 aliphatic heterocycles. The highest BCUT2D eigenvalue weighted by Gasteiger charge is 2.31. The van der Waals surface area contributed by atoms with Crippen molar-refractivity contribution in [2.75, 3.05) is 0 Å². The zero-order valence-corrected chi connectivity index (χ0v) is 14.8. The number of hydrogen-bond donors (Lipinski definition) is 1. The molecule has 0 fully saturated rings. The number of carbonyl (C=O) groups is 2. The molecule has 0 saturated heterocycles. The Kier molecular flexibility index (Phi) is 4.62. The summed E-state index contributed by atoms with van der Waals surface area (Å²) in [7, 11) is 0. The fourth-order valence-electron chi connectivity index (χ4n) is 3.33. The first kappa shape index (κ1) is 17.2.